The van der Waals surface area contributed by atoms with Gasteiger partial charge in [-0.25, -0.2) is 4.99 Å². The quantitative estimate of drug-likeness (QED) is 0.465. The van der Waals surface area contributed by atoms with Crippen LogP contribution in [0.5, 0.6) is 0 Å². The van der Waals surface area contributed by atoms with Crippen LogP contribution in [0.4, 0.5) is 0 Å². The van der Waals surface area contributed by atoms with Gasteiger partial charge < -0.3 is 16.2 Å². The Morgan fingerprint density at radius 3 is 2.43 bits per heavy atom. The molecule has 2 unspecified atom stereocenters. The minimum atomic E-state index is 0. The fourth-order valence-corrected chi connectivity index (χ4v) is 1.75. The Morgan fingerprint density at radius 2 is 2.07 bits per heavy atom. The van der Waals surface area contributed by atoms with Crippen molar-refractivity contribution in [3.05, 3.63) is 0 Å². The number of ether oxygens (including phenoxy) is 1. The summed E-state index contributed by atoms with van der Waals surface area (Å²) in [6.45, 7) is 7.02. The van der Waals surface area contributed by atoms with E-state index in [1.54, 1.807) is 0 Å². The topological polar surface area (TPSA) is 73.6 Å². The highest BCUT2D eigenvalue weighted by molar-refractivity contribution is 14.0. The highest BCUT2D eigenvalue weighted by Crippen LogP contribution is 2.44. The second-order valence-electron chi connectivity index (χ2n) is 4.07. The molecule has 0 aromatic rings. The van der Waals surface area contributed by atoms with E-state index in [1.807, 2.05) is 6.92 Å². The molecule has 0 aliphatic heterocycles. The highest BCUT2D eigenvalue weighted by atomic mass is 127. The number of guanidine groups is 1. The fourth-order valence-electron chi connectivity index (χ4n) is 1.75. The number of hydrogen-bond donors (Lipinski definition) is 2. The predicted molar refractivity (Wildman–Crippen MR) is 68.8 cm³/mol. The van der Waals surface area contributed by atoms with Gasteiger partial charge in [-0.2, -0.15) is 0 Å². The molecule has 0 radical (unpaired) electrons. The number of aliphatic imine (C=N–C) groups is 1. The number of hydrogen-bond acceptors (Lipinski definition) is 2. The maximum atomic E-state index is 5.55. The van der Waals surface area contributed by atoms with Gasteiger partial charge in [0.2, 0.25) is 0 Å². The third kappa shape index (κ3) is 2.73. The zero-order chi connectivity index (χ0) is 10.1. The van der Waals surface area contributed by atoms with Crippen molar-refractivity contribution in [2.75, 3.05) is 6.61 Å². The third-order valence-electron chi connectivity index (χ3n) is 2.80. The van der Waals surface area contributed by atoms with Crippen LogP contribution in [-0.2, 0) is 4.74 Å². The summed E-state index contributed by atoms with van der Waals surface area (Å²) in [6.07, 6.45) is 1.23. The van der Waals surface area contributed by atoms with Gasteiger partial charge in [-0.15, -0.1) is 24.0 Å². The molecule has 1 aliphatic rings. The average Bonchev–Trinajstić information content (AvgIpc) is 2.02. The lowest BCUT2D eigenvalue weighted by atomic mass is 9.65. The van der Waals surface area contributed by atoms with Crippen molar-refractivity contribution >= 4 is 29.9 Å². The SMILES string of the molecule is CCOC1CC(N=C(N)N)C1(C)C.I. The molecule has 1 aliphatic carbocycles. The molecule has 1 rings (SSSR count). The average molecular weight is 313 g/mol. The van der Waals surface area contributed by atoms with Crippen molar-refractivity contribution < 1.29 is 4.74 Å². The van der Waals surface area contributed by atoms with Crippen LogP contribution >= 0.6 is 24.0 Å². The van der Waals surface area contributed by atoms with Crippen molar-refractivity contribution in [1.29, 1.82) is 0 Å². The van der Waals surface area contributed by atoms with Crippen molar-refractivity contribution in [2.24, 2.45) is 21.9 Å². The van der Waals surface area contributed by atoms with E-state index in [1.165, 1.54) is 0 Å². The highest BCUT2D eigenvalue weighted by Gasteiger charge is 2.49. The summed E-state index contributed by atoms with van der Waals surface area (Å²) in [4.78, 5) is 4.16. The summed E-state index contributed by atoms with van der Waals surface area (Å²) < 4.78 is 5.55. The van der Waals surface area contributed by atoms with Gasteiger partial charge in [0.1, 0.15) is 0 Å². The van der Waals surface area contributed by atoms with E-state index >= 15 is 0 Å². The predicted octanol–water partition coefficient (Wildman–Crippen LogP) is 1.08. The molecule has 0 aromatic carbocycles. The van der Waals surface area contributed by atoms with E-state index in [4.69, 9.17) is 16.2 Å². The standard InChI is InChI=1S/C9H19N3O.HI/c1-4-13-7-5-6(9(7,2)3)12-8(10)11;/h6-7H,4-5H2,1-3H3,(H4,10,11,12);1H. The van der Waals surface area contributed by atoms with E-state index in [0.29, 0.717) is 6.10 Å². The molecule has 1 fully saturated rings. The zero-order valence-electron chi connectivity index (χ0n) is 8.99. The lowest BCUT2D eigenvalue weighted by Gasteiger charge is -2.49. The molecular formula is C9H20IN3O. The Kier molecular flexibility index (Phi) is 5.14. The van der Waals surface area contributed by atoms with Gasteiger partial charge in [0.25, 0.3) is 0 Å². The monoisotopic (exact) mass is 313 g/mol. The lowest BCUT2D eigenvalue weighted by molar-refractivity contribution is -0.103. The summed E-state index contributed by atoms with van der Waals surface area (Å²) >= 11 is 0. The normalized spacial score (nSPS) is 28.5. The van der Waals surface area contributed by atoms with Crippen molar-refractivity contribution in [3.8, 4) is 0 Å². The van der Waals surface area contributed by atoms with Crippen molar-refractivity contribution in [2.45, 2.75) is 39.3 Å². The molecule has 2 atom stereocenters. The van der Waals surface area contributed by atoms with Crippen molar-refractivity contribution in [3.63, 3.8) is 0 Å². The first-order valence-electron chi connectivity index (χ1n) is 4.68. The van der Waals surface area contributed by atoms with E-state index < -0.39 is 0 Å². The van der Waals surface area contributed by atoms with Gasteiger partial charge in [-0.3, -0.25) is 0 Å². The molecule has 84 valence electrons. The van der Waals surface area contributed by atoms with Gasteiger partial charge in [0.05, 0.1) is 12.1 Å². The molecule has 0 bridgehead atoms. The van der Waals surface area contributed by atoms with Gasteiger partial charge in [-0.05, 0) is 13.3 Å². The van der Waals surface area contributed by atoms with Crippen LogP contribution in [-0.4, -0.2) is 24.7 Å². The molecule has 0 saturated heterocycles. The first-order valence-corrected chi connectivity index (χ1v) is 4.68. The molecular weight excluding hydrogens is 293 g/mol. The molecule has 0 spiro atoms. The summed E-state index contributed by atoms with van der Waals surface area (Å²) in [5.41, 5.74) is 10.7. The Labute approximate surface area is 102 Å². The number of nitrogens with zero attached hydrogens (tertiary/aromatic N) is 1. The number of rotatable bonds is 3. The van der Waals surface area contributed by atoms with Gasteiger partial charge in [0, 0.05) is 12.0 Å². The molecule has 0 aromatic heterocycles. The lowest BCUT2D eigenvalue weighted by Crippen LogP contribution is -2.54. The van der Waals surface area contributed by atoms with E-state index in [2.05, 4.69) is 18.8 Å². The minimum absolute atomic E-state index is 0. The fraction of sp³-hybridized carbons (Fsp3) is 0.889. The van der Waals surface area contributed by atoms with Crippen LogP contribution in [0.2, 0.25) is 0 Å². The van der Waals surface area contributed by atoms with Gasteiger partial charge >= 0.3 is 0 Å². The molecule has 0 amide bonds. The van der Waals surface area contributed by atoms with Crippen LogP contribution in [0.25, 0.3) is 0 Å². The summed E-state index contributed by atoms with van der Waals surface area (Å²) in [6, 6.07) is 0.217. The first kappa shape index (κ1) is 14.0. The third-order valence-corrected chi connectivity index (χ3v) is 2.80. The number of halogens is 1. The van der Waals surface area contributed by atoms with E-state index in [-0.39, 0.29) is 41.4 Å². The zero-order valence-corrected chi connectivity index (χ0v) is 11.3. The molecule has 4 N–H and O–H groups in total. The van der Waals surface area contributed by atoms with E-state index in [0.717, 1.165) is 13.0 Å². The Morgan fingerprint density at radius 1 is 1.50 bits per heavy atom. The van der Waals surface area contributed by atoms with Gasteiger partial charge in [-0.1, -0.05) is 13.8 Å². The largest absolute Gasteiger partial charge is 0.378 e. The molecule has 1 saturated carbocycles. The maximum absolute atomic E-state index is 5.55. The summed E-state index contributed by atoms with van der Waals surface area (Å²) in [5, 5.41) is 0. The second-order valence-corrected chi connectivity index (χ2v) is 4.07. The Hall–Kier alpha value is -0.0400. The second kappa shape index (κ2) is 5.16. The van der Waals surface area contributed by atoms with Crippen LogP contribution in [0.1, 0.15) is 27.2 Å². The van der Waals surface area contributed by atoms with Gasteiger partial charge in [0.15, 0.2) is 5.96 Å². The smallest absolute Gasteiger partial charge is 0.186 e. The minimum Gasteiger partial charge on any atom is -0.378 e. The van der Waals surface area contributed by atoms with Crippen LogP contribution in [0, 0.1) is 5.41 Å². The van der Waals surface area contributed by atoms with E-state index in [9.17, 15) is 0 Å². The first-order chi connectivity index (χ1) is 5.98. The maximum Gasteiger partial charge on any atom is 0.186 e. The Balaban J connectivity index is 0.00000169. The molecule has 0 heterocycles. The number of nitrogens with two attached hydrogens (primary N) is 2. The van der Waals surface area contributed by atoms with Crippen LogP contribution in [0.3, 0.4) is 0 Å². The van der Waals surface area contributed by atoms with Crippen molar-refractivity contribution in [1.82, 2.24) is 0 Å². The molecule has 14 heavy (non-hydrogen) atoms. The van der Waals surface area contributed by atoms with Crippen LogP contribution in [0.15, 0.2) is 4.99 Å². The molecule has 4 nitrogen and oxygen atoms in total. The summed E-state index contributed by atoms with van der Waals surface area (Å²) in [5.74, 6) is 0.174. The molecule has 5 heteroatoms. The Bertz CT molecular complexity index is 214. The summed E-state index contributed by atoms with van der Waals surface area (Å²) in [7, 11) is 0. The van der Waals surface area contributed by atoms with Crippen LogP contribution < -0.4 is 11.5 Å².